The van der Waals surface area contributed by atoms with E-state index in [9.17, 15) is 23.1 Å². The number of alkyl halides is 3. The molecule has 2 aliphatic rings. The highest BCUT2D eigenvalue weighted by molar-refractivity contribution is 6.99. The lowest BCUT2D eigenvalue weighted by molar-refractivity contribution is -0.233. The molecule has 208 valence electrons. The smallest absolute Gasteiger partial charge is 0.405 e. The first kappa shape index (κ1) is 28.7. The van der Waals surface area contributed by atoms with Gasteiger partial charge in [0.1, 0.15) is 24.4 Å². The van der Waals surface area contributed by atoms with E-state index in [4.69, 9.17) is 18.6 Å². The molecule has 5 atom stereocenters. The van der Waals surface area contributed by atoms with Gasteiger partial charge in [-0.15, -0.1) is 0 Å². The zero-order valence-corrected chi connectivity index (χ0v) is 23.0. The lowest BCUT2D eigenvalue weighted by Crippen LogP contribution is -2.69. The van der Waals surface area contributed by atoms with E-state index >= 15 is 0 Å². The summed E-state index contributed by atoms with van der Waals surface area (Å²) in [6, 6.07) is 18.3. The van der Waals surface area contributed by atoms with Gasteiger partial charge in [-0.25, -0.2) is 0 Å². The number of benzene rings is 2. The Kier molecular flexibility index (Phi) is 7.83. The van der Waals surface area contributed by atoms with E-state index in [2.05, 4.69) is 20.8 Å². The van der Waals surface area contributed by atoms with Crippen LogP contribution in [0.25, 0.3) is 0 Å². The Morgan fingerprint density at radius 3 is 1.95 bits per heavy atom. The van der Waals surface area contributed by atoms with Crippen LogP contribution in [0.3, 0.4) is 0 Å². The number of rotatable bonds is 6. The summed E-state index contributed by atoms with van der Waals surface area (Å²) in [5.74, 6) is -3.38. The number of hydrogen-bond donors (Lipinski definition) is 2. The molecule has 2 heterocycles. The fourth-order valence-electron chi connectivity index (χ4n) is 5.38. The molecule has 4 rings (SSSR count). The highest BCUT2D eigenvalue weighted by atomic mass is 28.4. The van der Waals surface area contributed by atoms with Crippen LogP contribution in [0.15, 0.2) is 60.7 Å². The number of hydrogen-bond acceptors (Lipinski definition) is 6. The number of carbonyl (C=O) groups is 1. The highest BCUT2D eigenvalue weighted by Gasteiger charge is 2.58. The summed E-state index contributed by atoms with van der Waals surface area (Å²) >= 11 is 0. The van der Waals surface area contributed by atoms with Crippen LogP contribution in [0, 0.1) is 0 Å². The Labute approximate surface area is 221 Å². The van der Waals surface area contributed by atoms with E-state index in [-0.39, 0.29) is 11.6 Å². The van der Waals surface area contributed by atoms with Crippen molar-refractivity contribution in [1.29, 1.82) is 0 Å². The molecule has 0 spiro atoms. The van der Waals surface area contributed by atoms with Gasteiger partial charge in [-0.3, -0.25) is 4.79 Å². The predicted molar refractivity (Wildman–Crippen MR) is 136 cm³/mol. The summed E-state index contributed by atoms with van der Waals surface area (Å²) in [7, 11) is -2.98. The molecule has 1 amide bonds. The SMILES string of the molecule is CC1(C)O[C@@H]2[C@H](O1)[C@@H](NC(=O)C(F)(F)F)C(O)O[C@@H]2CO[Si](c1ccccc1)(c1ccccc1)C(C)(C)C. The minimum atomic E-state index is -5.13. The third-order valence-electron chi connectivity index (χ3n) is 6.94. The maximum Gasteiger partial charge on any atom is 0.471 e. The Bertz CT molecular complexity index is 1070. The minimum Gasteiger partial charge on any atom is -0.405 e. The molecule has 2 aliphatic heterocycles. The molecule has 0 aromatic heterocycles. The quantitative estimate of drug-likeness (QED) is 0.536. The topological polar surface area (TPSA) is 86.3 Å². The van der Waals surface area contributed by atoms with Gasteiger partial charge in [0.25, 0.3) is 8.32 Å². The van der Waals surface area contributed by atoms with Gasteiger partial charge in [0, 0.05) is 0 Å². The lowest BCUT2D eigenvalue weighted by Gasteiger charge is -2.45. The number of aliphatic hydroxyl groups is 1. The normalized spacial score (nSPS) is 27.6. The van der Waals surface area contributed by atoms with Crippen molar-refractivity contribution in [1.82, 2.24) is 5.32 Å². The van der Waals surface area contributed by atoms with Crippen LogP contribution in [0.5, 0.6) is 0 Å². The van der Waals surface area contributed by atoms with E-state index in [1.54, 1.807) is 13.8 Å². The van der Waals surface area contributed by atoms with E-state index in [0.29, 0.717) is 0 Å². The number of nitrogens with one attached hydrogen (secondary N) is 1. The number of carbonyl (C=O) groups excluding carboxylic acids is 1. The Morgan fingerprint density at radius 2 is 1.47 bits per heavy atom. The molecule has 0 bridgehead atoms. The average molecular weight is 554 g/mol. The maximum atomic E-state index is 13.0. The molecule has 0 radical (unpaired) electrons. The third-order valence-corrected chi connectivity index (χ3v) is 11.9. The van der Waals surface area contributed by atoms with Gasteiger partial charge < -0.3 is 29.1 Å². The van der Waals surface area contributed by atoms with Gasteiger partial charge in [-0.05, 0) is 29.3 Å². The Morgan fingerprint density at radius 1 is 0.974 bits per heavy atom. The summed E-state index contributed by atoms with van der Waals surface area (Å²) in [6.07, 6.45) is -9.77. The average Bonchev–Trinajstić information content (AvgIpc) is 3.16. The zero-order chi connectivity index (χ0) is 27.9. The fourth-order valence-corrected chi connectivity index (χ4v) is 9.95. The van der Waals surface area contributed by atoms with E-state index in [1.165, 1.54) is 0 Å². The maximum absolute atomic E-state index is 13.0. The van der Waals surface area contributed by atoms with Crippen molar-refractivity contribution in [3.05, 3.63) is 60.7 Å². The van der Waals surface area contributed by atoms with Crippen molar-refractivity contribution < 1.29 is 41.7 Å². The summed E-state index contributed by atoms with van der Waals surface area (Å²) in [5.41, 5.74) is 0. The standard InChI is InChI=1S/C27H34F3NO6Si/c1-25(2,3)38(17-12-8-6-9-13-17,18-14-10-7-11-15-18)34-16-19-21-22(37-26(4,5)36-21)20(23(32)35-19)31-24(33)27(28,29)30/h6-15,19-23,32H,16H2,1-5H3,(H,31,33)/t19-,20-,21+,22-,23?/m1/s1. The minimum absolute atomic E-state index is 0.0229. The van der Waals surface area contributed by atoms with Gasteiger partial charge >= 0.3 is 12.1 Å². The van der Waals surface area contributed by atoms with Crippen molar-refractivity contribution in [2.45, 2.75) is 82.3 Å². The van der Waals surface area contributed by atoms with Crippen LogP contribution >= 0.6 is 0 Å². The molecule has 2 saturated heterocycles. The van der Waals surface area contributed by atoms with Gasteiger partial charge in [0.15, 0.2) is 12.1 Å². The second kappa shape index (κ2) is 10.4. The molecule has 38 heavy (non-hydrogen) atoms. The molecule has 2 N–H and O–H groups in total. The van der Waals surface area contributed by atoms with Crippen molar-refractivity contribution in [2.75, 3.05) is 6.61 Å². The summed E-state index contributed by atoms with van der Waals surface area (Å²) in [4.78, 5) is 11.7. The molecular weight excluding hydrogens is 519 g/mol. The van der Waals surface area contributed by atoms with Gasteiger partial charge in [0.05, 0.1) is 6.61 Å². The number of fused-ring (bicyclic) bond motifs is 1. The van der Waals surface area contributed by atoms with Crippen LogP contribution in [0.1, 0.15) is 34.6 Å². The molecule has 7 nitrogen and oxygen atoms in total. The Hall–Kier alpha value is -2.28. The summed E-state index contributed by atoms with van der Waals surface area (Å²) in [6.45, 7) is 9.53. The van der Waals surface area contributed by atoms with Crippen molar-refractivity contribution in [3.8, 4) is 0 Å². The van der Waals surface area contributed by atoms with Crippen molar-refractivity contribution >= 4 is 24.6 Å². The highest BCUT2D eigenvalue weighted by Crippen LogP contribution is 2.40. The largest absolute Gasteiger partial charge is 0.471 e. The molecular formula is C27H34F3NO6Si. The van der Waals surface area contributed by atoms with E-state index in [1.807, 2.05) is 66.0 Å². The first-order valence-corrected chi connectivity index (χ1v) is 14.4. The molecule has 0 aliphatic carbocycles. The number of halogens is 3. The van der Waals surface area contributed by atoms with Crippen LogP contribution in [0.2, 0.25) is 5.04 Å². The Balaban J connectivity index is 1.67. The number of ether oxygens (including phenoxy) is 3. The molecule has 0 saturated carbocycles. The monoisotopic (exact) mass is 553 g/mol. The van der Waals surface area contributed by atoms with Gasteiger partial charge in [-0.1, -0.05) is 81.4 Å². The van der Waals surface area contributed by atoms with Crippen LogP contribution < -0.4 is 15.7 Å². The van der Waals surface area contributed by atoms with Crippen molar-refractivity contribution in [3.63, 3.8) is 0 Å². The summed E-state index contributed by atoms with van der Waals surface area (Å²) < 4.78 is 63.4. The molecule has 2 aromatic rings. The number of amides is 1. The van der Waals surface area contributed by atoms with Crippen molar-refractivity contribution in [2.24, 2.45) is 0 Å². The first-order chi connectivity index (χ1) is 17.7. The van der Waals surface area contributed by atoms with Gasteiger partial charge in [0.2, 0.25) is 0 Å². The molecule has 2 fully saturated rings. The van der Waals surface area contributed by atoms with Gasteiger partial charge in [-0.2, -0.15) is 13.2 Å². The predicted octanol–water partition coefficient (Wildman–Crippen LogP) is 2.85. The second-order valence-corrected chi connectivity index (χ2v) is 15.4. The molecule has 11 heteroatoms. The zero-order valence-electron chi connectivity index (χ0n) is 22.0. The lowest BCUT2D eigenvalue weighted by atomic mass is 9.97. The van der Waals surface area contributed by atoms with Crippen LogP contribution in [-0.4, -0.2) is 68.5 Å². The van der Waals surface area contributed by atoms with E-state index < -0.39 is 56.8 Å². The fraction of sp³-hybridized carbons (Fsp3) is 0.519. The van der Waals surface area contributed by atoms with E-state index in [0.717, 1.165) is 10.4 Å². The first-order valence-electron chi connectivity index (χ1n) is 12.5. The number of aliphatic hydroxyl groups excluding tert-OH is 1. The second-order valence-electron chi connectivity index (χ2n) is 11.1. The molecule has 1 unspecified atom stereocenters. The summed E-state index contributed by atoms with van der Waals surface area (Å²) in [5, 5.41) is 14.3. The molecule has 2 aromatic carbocycles. The van der Waals surface area contributed by atoms with Crippen LogP contribution in [-0.2, 0) is 23.4 Å². The third kappa shape index (κ3) is 5.54. The van der Waals surface area contributed by atoms with Crippen LogP contribution in [0.4, 0.5) is 13.2 Å².